The van der Waals surface area contributed by atoms with E-state index in [1.165, 1.54) is 24.0 Å². The molecule has 1 unspecified atom stereocenters. The zero-order valence-corrected chi connectivity index (χ0v) is 9.46. The van der Waals surface area contributed by atoms with Gasteiger partial charge in [-0.05, 0) is 42.5 Å². The van der Waals surface area contributed by atoms with Gasteiger partial charge in [0.05, 0.1) is 0 Å². The Morgan fingerprint density at radius 2 is 2.20 bits per heavy atom. The molecule has 1 atom stereocenters. The van der Waals surface area contributed by atoms with Crippen molar-refractivity contribution in [2.45, 2.75) is 45.2 Å². The van der Waals surface area contributed by atoms with Crippen LogP contribution >= 0.6 is 0 Å². The maximum absolute atomic E-state index is 9.44. The van der Waals surface area contributed by atoms with Gasteiger partial charge in [-0.25, -0.2) is 0 Å². The first-order chi connectivity index (χ1) is 7.16. The minimum atomic E-state index is 0.388. The molecule has 2 N–H and O–H groups in total. The molecular weight excluding hydrogens is 186 g/mol. The molecule has 0 spiro atoms. The van der Waals surface area contributed by atoms with Gasteiger partial charge in [0.1, 0.15) is 5.75 Å². The molecule has 1 aromatic carbocycles. The Bertz CT molecular complexity index is 346. The molecular formula is C13H19NO. The third kappa shape index (κ3) is 2.32. The number of nitrogens with one attached hydrogen (secondary N) is 1. The van der Waals surface area contributed by atoms with Crippen LogP contribution in [0.2, 0.25) is 0 Å². The summed E-state index contributed by atoms with van der Waals surface area (Å²) in [6.07, 6.45) is 3.51. The van der Waals surface area contributed by atoms with Gasteiger partial charge in [-0.2, -0.15) is 0 Å². The normalized spacial score (nSPS) is 20.3. The van der Waals surface area contributed by atoms with Crippen LogP contribution in [0.25, 0.3) is 0 Å². The maximum atomic E-state index is 9.44. The Hall–Kier alpha value is -1.02. The number of hydrogen-bond acceptors (Lipinski definition) is 2. The van der Waals surface area contributed by atoms with E-state index in [9.17, 15) is 5.11 Å². The second-order valence-electron chi connectivity index (χ2n) is 4.65. The molecule has 0 bridgehead atoms. The van der Waals surface area contributed by atoms with Crippen molar-refractivity contribution in [1.29, 1.82) is 0 Å². The van der Waals surface area contributed by atoms with Gasteiger partial charge in [0.25, 0.3) is 0 Å². The van der Waals surface area contributed by atoms with Crippen LogP contribution in [0.5, 0.6) is 5.75 Å². The molecule has 0 saturated carbocycles. The first-order valence-electron chi connectivity index (χ1n) is 5.74. The first-order valence-corrected chi connectivity index (χ1v) is 5.74. The minimum Gasteiger partial charge on any atom is -0.508 e. The summed E-state index contributed by atoms with van der Waals surface area (Å²) in [4.78, 5) is 0. The van der Waals surface area contributed by atoms with E-state index in [4.69, 9.17) is 0 Å². The fourth-order valence-electron chi connectivity index (χ4n) is 2.38. The molecule has 0 fully saturated rings. The van der Waals surface area contributed by atoms with Crippen molar-refractivity contribution in [2.24, 2.45) is 0 Å². The van der Waals surface area contributed by atoms with Crippen LogP contribution in [-0.2, 0) is 6.42 Å². The van der Waals surface area contributed by atoms with Gasteiger partial charge >= 0.3 is 0 Å². The van der Waals surface area contributed by atoms with Gasteiger partial charge in [0, 0.05) is 12.1 Å². The summed E-state index contributed by atoms with van der Waals surface area (Å²) in [5.74, 6) is 0.388. The predicted octanol–water partition coefficient (Wildman–Crippen LogP) is 2.77. The summed E-state index contributed by atoms with van der Waals surface area (Å²) >= 11 is 0. The van der Waals surface area contributed by atoms with Crippen LogP contribution in [0.3, 0.4) is 0 Å². The summed E-state index contributed by atoms with van der Waals surface area (Å²) in [6.45, 7) is 4.35. The standard InChI is InChI=1S/C13H19NO/c1-9(2)14-13-5-3-4-10-8-11(15)6-7-12(10)13/h6-9,13-15H,3-5H2,1-2H3. The molecule has 0 amide bonds. The zero-order chi connectivity index (χ0) is 10.8. The van der Waals surface area contributed by atoms with E-state index < -0.39 is 0 Å². The number of benzene rings is 1. The number of phenols is 1. The van der Waals surface area contributed by atoms with E-state index in [1.54, 1.807) is 6.07 Å². The number of phenolic OH excluding ortho intramolecular Hbond substituents is 1. The Labute approximate surface area is 91.3 Å². The lowest BCUT2D eigenvalue weighted by Crippen LogP contribution is -2.30. The molecule has 0 saturated heterocycles. The largest absolute Gasteiger partial charge is 0.508 e. The smallest absolute Gasteiger partial charge is 0.115 e. The molecule has 0 heterocycles. The highest BCUT2D eigenvalue weighted by Crippen LogP contribution is 2.31. The zero-order valence-electron chi connectivity index (χ0n) is 9.46. The van der Waals surface area contributed by atoms with Crippen molar-refractivity contribution >= 4 is 0 Å². The SMILES string of the molecule is CC(C)NC1CCCc2cc(O)ccc21. The fraction of sp³-hybridized carbons (Fsp3) is 0.538. The van der Waals surface area contributed by atoms with Crippen LogP contribution in [0, 0.1) is 0 Å². The van der Waals surface area contributed by atoms with Crippen LogP contribution in [-0.4, -0.2) is 11.1 Å². The van der Waals surface area contributed by atoms with E-state index in [1.807, 2.05) is 6.07 Å². The van der Waals surface area contributed by atoms with Crippen LogP contribution in [0.1, 0.15) is 43.9 Å². The Balaban J connectivity index is 2.26. The predicted molar refractivity (Wildman–Crippen MR) is 62.1 cm³/mol. The molecule has 2 heteroatoms. The summed E-state index contributed by atoms with van der Waals surface area (Å²) < 4.78 is 0. The number of hydrogen-bond donors (Lipinski definition) is 2. The Morgan fingerprint density at radius 1 is 1.40 bits per heavy atom. The Kier molecular flexibility index (Phi) is 2.96. The summed E-state index contributed by atoms with van der Waals surface area (Å²) in [5.41, 5.74) is 2.67. The van der Waals surface area contributed by atoms with E-state index in [0.29, 0.717) is 17.8 Å². The van der Waals surface area contributed by atoms with Gasteiger partial charge in [-0.15, -0.1) is 0 Å². The van der Waals surface area contributed by atoms with Gasteiger partial charge in [-0.1, -0.05) is 19.9 Å². The topological polar surface area (TPSA) is 32.3 Å². The van der Waals surface area contributed by atoms with Crippen molar-refractivity contribution in [3.05, 3.63) is 29.3 Å². The fourth-order valence-corrected chi connectivity index (χ4v) is 2.38. The van der Waals surface area contributed by atoms with Crippen LogP contribution in [0.15, 0.2) is 18.2 Å². The number of fused-ring (bicyclic) bond motifs is 1. The van der Waals surface area contributed by atoms with Crippen LogP contribution < -0.4 is 5.32 Å². The molecule has 2 nitrogen and oxygen atoms in total. The van der Waals surface area contributed by atoms with Gasteiger partial charge in [-0.3, -0.25) is 0 Å². The molecule has 82 valence electrons. The number of rotatable bonds is 2. The molecule has 2 rings (SSSR count). The van der Waals surface area contributed by atoms with Gasteiger partial charge in [0.2, 0.25) is 0 Å². The lowest BCUT2D eigenvalue weighted by Gasteiger charge is -2.28. The van der Waals surface area contributed by atoms with Crippen molar-refractivity contribution in [3.8, 4) is 5.75 Å². The van der Waals surface area contributed by atoms with E-state index >= 15 is 0 Å². The first kappa shape index (κ1) is 10.5. The second kappa shape index (κ2) is 4.23. The monoisotopic (exact) mass is 205 g/mol. The summed E-state index contributed by atoms with van der Waals surface area (Å²) in [6, 6.07) is 6.73. The highest BCUT2D eigenvalue weighted by Gasteiger charge is 2.20. The van der Waals surface area contributed by atoms with Crippen molar-refractivity contribution in [3.63, 3.8) is 0 Å². The third-order valence-electron chi connectivity index (χ3n) is 2.98. The molecule has 1 aliphatic carbocycles. The molecule has 1 aromatic rings. The third-order valence-corrected chi connectivity index (χ3v) is 2.98. The van der Waals surface area contributed by atoms with Crippen LogP contribution in [0.4, 0.5) is 0 Å². The summed E-state index contributed by atoms with van der Waals surface area (Å²) in [5, 5.41) is 13.0. The number of aromatic hydroxyl groups is 1. The highest BCUT2D eigenvalue weighted by molar-refractivity contribution is 5.38. The van der Waals surface area contributed by atoms with E-state index in [0.717, 1.165) is 6.42 Å². The highest BCUT2D eigenvalue weighted by atomic mass is 16.3. The summed E-state index contributed by atoms with van der Waals surface area (Å²) in [7, 11) is 0. The molecule has 0 aliphatic heterocycles. The lowest BCUT2D eigenvalue weighted by atomic mass is 9.87. The lowest BCUT2D eigenvalue weighted by molar-refractivity contribution is 0.420. The molecule has 1 aliphatic rings. The minimum absolute atomic E-state index is 0.388. The Morgan fingerprint density at radius 3 is 2.93 bits per heavy atom. The van der Waals surface area contributed by atoms with Crippen molar-refractivity contribution in [2.75, 3.05) is 0 Å². The van der Waals surface area contributed by atoms with E-state index in [2.05, 4.69) is 25.2 Å². The van der Waals surface area contributed by atoms with Crippen molar-refractivity contribution < 1.29 is 5.11 Å². The van der Waals surface area contributed by atoms with E-state index in [-0.39, 0.29) is 0 Å². The molecule has 15 heavy (non-hydrogen) atoms. The van der Waals surface area contributed by atoms with Crippen molar-refractivity contribution in [1.82, 2.24) is 5.32 Å². The molecule has 0 aromatic heterocycles. The number of aryl methyl sites for hydroxylation is 1. The maximum Gasteiger partial charge on any atom is 0.115 e. The molecule has 0 radical (unpaired) electrons. The second-order valence-corrected chi connectivity index (χ2v) is 4.65. The van der Waals surface area contributed by atoms with Gasteiger partial charge < -0.3 is 10.4 Å². The quantitative estimate of drug-likeness (QED) is 0.778. The average Bonchev–Trinajstić information content (AvgIpc) is 2.16. The van der Waals surface area contributed by atoms with Gasteiger partial charge in [0.15, 0.2) is 0 Å². The average molecular weight is 205 g/mol.